The van der Waals surface area contributed by atoms with Crippen molar-refractivity contribution in [3.05, 3.63) is 29.8 Å². The van der Waals surface area contributed by atoms with Crippen molar-refractivity contribution in [2.45, 2.75) is 20.0 Å². The van der Waals surface area contributed by atoms with Crippen LogP contribution < -0.4 is 0 Å². The van der Waals surface area contributed by atoms with Gasteiger partial charge in [-0.25, -0.2) is 9.37 Å². The molecule has 20 heavy (non-hydrogen) atoms. The maximum absolute atomic E-state index is 13.3. The van der Waals surface area contributed by atoms with Crippen molar-refractivity contribution in [2.24, 2.45) is 0 Å². The normalized spacial score (nSPS) is 11.7. The molecule has 0 fully saturated rings. The molecule has 0 atom stereocenters. The number of imidazole rings is 1. The molecule has 1 aromatic heterocycles. The molecule has 6 heteroatoms. The third-order valence-corrected chi connectivity index (χ3v) is 3.34. The van der Waals surface area contributed by atoms with E-state index in [1.54, 1.807) is 6.07 Å². The Balaban J connectivity index is 2.37. The number of benzene rings is 1. The molecule has 0 unspecified atom stereocenters. The van der Waals surface area contributed by atoms with Crippen LogP contribution in [0.15, 0.2) is 18.2 Å². The predicted octanol–water partition coefficient (Wildman–Crippen LogP) is 0.982. The van der Waals surface area contributed by atoms with Crippen LogP contribution in [0.1, 0.15) is 12.7 Å². The molecule has 0 spiro atoms. The maximum atomic E-state index is 13.3. The van der Waals surface area contributed by atoms with E-state index in [4.69, 9.17) is 5.11 Å². The molecule has 1 heterocycles. The van der Waals surface area contributed by atoms with Gasteiger partial charge in [-0.15, -0.1) is 0 Å². The van der Waals surface area contributed by atoms with E-state index < -0.39 is 0 Å². The quantitative estimate of drug-likeness (QED) is 0.794. The topological polar surface area (TPSA) is 61.5 Å². The second-order valence-electron chi connectivity index (χ2n) is 4.63. The number of hydrogen-bond donors (Lipinski definition) is 2. The van der Waals surface area contributed by atoms with Gasteiger partial charge in [0.2, 0.25) is 0 Å². The second-order valence-corrected chi connectivity index (χ2v) is 4.63. The van der Waals surface area contributed by atoms with Crippen LogP contribution in [0.4, 0.5) is 4.39 Å². The van der Waals surface area contributed by atoms with Crippen molar-refractivity contribution >= 4 is 11.0 Å². The first-order valence-electron chi connectivity index (χ1n) is 6.78. The Kier molecular flexibility index (Phi) is 5.05. The minimum absolute atomic E-state index is 0.00195. The summed E-state index contributed by atoms with van der Waals surface area (Å²) in [5.41, 5.74) is 1.41. The van der Waals surface area contributed by atoms with Gasteiger partial charge < -0.3 is 14.8 Å². The number of likely N-dealkylation sites (N-methyl/N-ethyl adjacent to an activating group) is 1. The Morgan fingerprint density at radius 1 is 1.30 bits per heavy atom. The lowest BCUT2D eigenvalue weighted by Gasteiger charge is -2.19. The highest BCUT2D eigenvalue weighted by Gasteiger charge is 2.13. The van der Waals surface area contributed by atoms with Gasteiger partial charge in [-0.3, -0.25) is 4.90 Å². The van der Waals surface area contributed by atoms with E-state index in [0.29, 0.717) is 25.2 Å². The Morgan fingerprint density at radius 2 is 2.10 bits per heavy atom. The maximum Gasteiger partial charge on any atom is 0.125 e. The number of nitrogens with zero attached hydrogens (tertiary/aromatic N) is 3. The highest BCUT2D eigenvalue weighted by Crippen LogP contribution is 2.18. The molecule has 1 aromatic carbocycles. The molecule has 0 saturated carbocycles. The number of hydrogen-bond acceptors (Lipinski definition) is 4. The standard InChI is InChI=1S/C14H20FN3O2/c1-2-17(5-7-19)10-14-16-12-9-11(15)3-4-13(12)18(14)6-8-20/h3-4,9,19-20H,2,5-8,10H2,1H3. The fourth-order valence-electron chi connectivity index (χ4n) is 2.31. The van der Waals surface area contributed by atoms with Crippen LogP contribution in [0.2, 0.25) is 0 Å². The number of fused-ring (bicyclic) bond motifs is 1. The molecule has 0 radical (unpaired) electrons. The molecule has 2 rings (SSSR count). The zero-order chi connectivity index (χ0) is 14.5. The summed E-state index contributed by atoms with van der Waals surface area (Å²) in [5, 5.41) is 18.2. The largest absolute Gasteiger partial charge is 0.395 e. The first-order valence-corrected chi connectivity index (χ1v) is 6.78. The average molecular weight is 281 g/mol. The first-order chi connectivity index (χ1) is 9.69. The molecule has 0 amide bonds. The van der Waals surface area contributed by atoms with Crippen LogP contribution in [0.5, 0.6) is 0 Å². The van der Waals surface area contributed by atoms with Gasteiger partial charge in [0, 0.05) is 19.2 Å². The number of rotatable bonds is 7. The van der Waals surface area contributed by atoms with Crippen molar-refractivity contribution in [3.63, 3.8) is 0 Å². The summed E-state index contributed by atoms with van der Waals surface area (Å²) in [4.78, 5) is 6.50. The van der Waals surface area contributed by atoms with Gasteiger partial charge in [-0.1, -0.05) is 6.92 Å². The van der Waals surface area contributed by atoms with Crippen molar-refractivity contribution in [3.8, 4) is 0 Å². The summed E-state index contributed by atoms with van der Waals surface area (Å²) in [7, 11) is 0. The molecular formula is C14H20FN3O2. The lowest BCUT2D eigenvalue weighted by molar-refractivity contribution is 0.191. The highest BCUT2D eigenvalue weighted by atomic mass is 19.1. The van der Waals surface area contributed by atoms with Crippen LogP contribution in [0.3, 0.4) is 0 Å². The lowest BCUT2D eigenvalue weighted by atomic mass is 10.3. The summed E-state index contributed by atoms with van der Waals surface area (Å²) in [5.74, 6) is 0.454. The summed E-state index contributed by atoms with van der Waals surface area (Å²) in [6.45, 7) is 4.44. The van der Waals surface area contributed by atoms with Gasteiger partial charge in [0.25, 0.3) is 0 Å². The third kappa shape index (κ3) is 3.15. The van der Waals surface area contributed by atoms with Crippen molar-refractivity contribution < 1.29 is 14.6 Å². The molecular weight excluding hydrogens is 261 g/mol. The number of halogens is 1. The monoisotopic (exact) mass is 281 g/mol. The van der Waals surface area contributed by atoms with Crippen LogP contribution in [0, 0.1) is 5.82 Å². The van der Waals surface area contributed by atoms with E-state index in [0.717, 1.165) is 17.9 Å². The van der Waals surface area contributed by atoms with Gasteiger partial charge in [0.15, 0.2) is 0 Å². The fourth-order valence-corrected chi connectivity index (χ4v) is 2.31. The Morgan fingerprint density at radius 3 is 2.75 bits per heavy atom. The second kappa shape index (κ2) is 6.78. The molecule has 0 aliphatic rings. The smallest absolute Gasteiger partial charge is 0.125 e. The third-order valence-electron chi connectivity index (χ3n) is 3.34. The van der Waals surface area contributed by atoms with Crippen molar-refractivity contribution in [2.75, 3.05) is 26.3 Å². The molecule has 2 N–H and O–H groups in total. The minimum atomic E-state index is -0.319. The summed E-state index contributed by atoms with van der Waals surface area (Å²) >= 11 is 0. The van der Waals surface area contributed by atoms with E-state index in [-0.39, 0.29) is 19.0 Å². The predicted molar refractivity (Wildman–Crippen MR) is 74.8 cm³/mol. The van der Waals surface area contributed by atoms with Crippen LogP contribution in [-0.2, 0) is 13.1 Å². The van der Waals surface area contributed by atoms with Gasteiger partial charge in [0.1, 0.15) is 11.6 Å². The van der Waals surface area contributed by atoms with Gasteiger partial charge in [-0.2, -0.15) is 0 Å². The van der Waals surface area contributed by atoms with E-state index in [1.807, 2.05) is 16.4 Å². The molecule has 110 valence electrons. The van der Waals surface area contributed by atoms with Crippen molar-refractivity contribution in [1.29, 1.82) is 0 Å². The SMILES string of the molecule is CCN(CCO)Cc1nc2cc(F)ccc2n1CCO. The summed E-state index contributed by atoms with van der Waals surface area (Å²) < 4.78 is 15.2. The summed E-state index contributed by atoms with van der Waals surface area (Å²) in [6, 6.07) is 4.47. The highest BCUT2D eigenvalue weighted by molar-refractivity contribution is 5.76. The van der Waals surface area contributed by atoms with E-state index >= 15 is 0 Å². The fraction of sp³-hybridized carbons (Fsp3) is 0.500. The zero-order valence-electron chi connectivity index (χ0n) is 11.6. The number of aliphatic hydroxyl groups excluding tert-OH is 2. The first kappa shape index (κ1) is 14.9. The van der Waals surface area contributed by atoms with Crippen LogP contribution >= 0.6 is 0 Å². The molecule has 0 aliphatic heterocycles. The van der Waals surface area contributed by atoms with Crippen molar-refractivity contribution in [1.82, 2.24) is 14.5 Å². The van der Waals surface area contributed by atoms with E-state index in [9.17, 15) is 9.50 Å². The molecule has 5 nitrogen and oxygen atoms in total. The van der Waals surface area contributed by atoms with E-state index in [2.05, 4.69) is 4.98 Å². The minimum Gasteiger partial charge on any atom is -0.395 e. The van der Waals surface area contributed by atoms with Gasteiger partial charge >= 0.3 is 0 Å². The molecule has 0 bridgehead atoms. The molecule has 0 saturated heterocycles. The Labute approximate surface area is 117 Å². The molecule has 2 aromatic rings. The Hall–Kier alpha value is -1.50. The molecule has 0 aliphatic carbocycles. The van der Waals surface area contributed by atoms with E-state index in [1.165, 1.54) is 12.1 Å². The van der Waals surface area contributed by atoms with Crippen LogP contribution in [-0.4, -0.2) is 51.0 Å². The van der Waals surface area contributed by atoms with Gasteiger partial charge in [-0.05, 0) is 18.7 Å². The van der Waals surface area contributed by atoms with Gasteiger partial charge in [0.05, 0.1) is 30.8 Å². The zero-order valence-corrected chi connectivity index (χ0v) is 11.6. The average Bonchev–Trinajstić information content (AvgIpc) is 2.76. The number of aliphatic hydroxyl groups is 2. The number of aromatic nitrogens is 2. The van der Waals surface area contributed by atoms with Crippen LogP contribution in [0.25, 0.3) is 11.0 Å². The lowest BCUT2D eigenvalue weighted by Crippen LogP contribution is -2.28. The Bertz CT molecular complexity index is 571. The summed E-state index contributed by atoms with van der Waals surface area (Å²) in [6.07, 6.45) is 0.